The molecule has 6 heteroatoms. The number of aliphatic carboxylic acids is 1. The Balaban J connectivity index is 1.97. The number of nitrogens with zero attached hydrogens (tertiary/aromatic N) is 1. The molecular weight excluding hydrogens is 240 g/mol. The molecule has 0 bridgehead atoms. The van der Waals surface area contributed by atoms with Gasteiger partial charge in [0, 0.05) is 12.6 Å². The molecule has 0 amide bonds. The van der Waals surface area contributed by atoms with Crippen LogP contribution in [0.3, 0.4) is 0 Å². The molecule has 5 nitrogen and oxygen atoms in total. The Bertz CT molecular complexity index is 493. The third-order valence-electron chi connectivity index (χ3n) is 2.28. The van der Waals surface area contributed by atoms with Gasteiger partial charge in [-0.3, -0.25) is 10.1 Å². The average molecular weight is 252 g/mol. The summed E-state index contributed by atoms with van der Waals surface area (Å²) < 4.78 is 5.17. The molecule has 17 heavy (non-hydrogen) atoms. The van der Waals surface area contributed by atoms with E-state index in [1.807, 2.05) is 23.6 Å². The number of hydrogen-bond donors (Lipinski definition) is 2. The number of hydrogen-bond acceptors (Lipinski definition) is 5. The van der Waals surface area contributed by atoms with Gasteiger partial charge in [-0.2, -0.15) is 0 Å². The van der Waals surface area contributed by atoms with Crippen molar-refractivity contribution in [3.05, 3.63) is 29.3 Å². The number of carbonyl (C=O) groups is 1. The van der Waals surface area contributed by atoms with E-state index in [2.05, 4.69) is 10.5 Å². The van der Waals surface area contributed by atoms with Crippen molar-refractivity contribution < 1.29 is 14.4 Å². The van der Waals surface area contributed by atoms with E-state index < -0.39 is 12.0 Å². The quantitative estimate of drug-likeness (QED) is 0.850. The van der Waals surface area contributed by atoms with Crippen molar-refractivity contribution in [3.63, 3.8) is 0 Å². The third-order valence-corrected chi connectivity index (χ3v) is 3.17. The number of carboxylic acids is 1. The summed E-state index contributed by atoms with van der Waals surface area (Å²) in [6.07, 6.45) is 0. The van der Waals surface area contributed by atoms with Crippen molar-refractivity contribution in [2.24, 2.45) is 0 Å². The SMILES string of the molecule is C[C@@H](NCc1cc(-c2cccs2)on1)C(=O)O. The van der Waals surface area contributed by atoms with Crippen molar-refractivity contribution in [1.82, 2.24) is 10.5 Å². The van der Waals surface area contributed by atoms with Crippen molar-refractivity contribution in [2.75, 3.05) is 0 Å². The van der Waals surface area contributed by atoms with Crippen molar-refractivity contribution in [2.45, 2.75) is 19.5 Å². The first-order chi connectivity index (χ1) is 8.16. The highest BCUT2D eigenvalue weighted by Gasteiger charge is 2.12. The van der Waals surface area contributed by atoms with E-state index >= 15 is 0 Å². The molecule has 0 aliphatic rings. The Hall–Kier alpha value is -1.66. The molecule has 0 spiro atoms. The Morgan fingerprint density at radius 3 is 3.18 bits per heavy atom. The summed E-state index contributed by atoms with van der Waals surface area (Å²) in [7, 11) is 0. The Kier molecular flexibility index (Phi) is 3.55. The number of nitrogens with one attached hydrogen (secondary N) is 1. The second-order valence-corrected chi connectivity index (χ2v) is 4.55. The molecule has 90 valence electrons. The normalized spacial score (nSPS) is 12.5. The fourth-order valence-electron chi connectivity index (χ4n) is 1.27. The van der Waals surface area contributed by atoms with Gasteiger partial charge in [0.2, 0.25) is 0 Å². The molecular formula is C11H12N2O3S. The molecule has 0 aliphatic carbocycles. The second-order valence-electron chi connectivity index (χ2n) is 3.60. The van der Waals surface area contributed by atoms with Crippen LogP contribution < -0.4 is 5.32 Å². The van der Waals surface area contributed by atoms with Crippen molar-refractivity contribution in [1.29, 1.82) is 0 Å². The van der Waals surface area contributed by atoms with Gasteiger partial charge in [-0.05, 0) is 18.4 Å². The van der Waals surface area contributed by atoms with Crippen LogP contribution in [0, 0.1) is 0 Å². The molecule has 2 rings (SSSR count). The molecule has 0 radical (unpaired) electrons. The molecule has 0 saturated carbocycles. The number of rotatable bonds is 5. The highest BCUT2D eigenvalue weighted by Crippen LogP contribution is 2.24. The zero-order chi connectivity index (χ0) is 12.3. The van der Waals surface area contributed by atoms with E-state index in [0.717, 1.165) is 4.88 Å². The minimum atomic E-state index is -0.882. The second kappa shape index (κ2) is 5.11. The first kappa shape index (κ1) is 11.8. The Labute approximate surface area is 102 Å². The van der Waals surface area contributed by atoms with Crippen molar-refractivity contribution >= 4 is 17.3 Å². The van der Waals surface area contributed by atoms with Gasteiger partial charge in [0.25, 0.3) is 0 Å². The molecule has 2 aromatic heterocycles. The minimum absolute atomic E-state index is 0.377. The molecule has 2 N–H and O–H groups in total. The van der Waals surface area contributed by atoms with Gasteiger partial charge in [0.1, 0.15) is 6.04 Å². The molecule has 0 aliphatic heterocycles. The lowest BCUT2D eigenvalue weighted by molar-refractivity contribution is -0.139. The maximum Gasteiger partial charge on any atom is 0.320 e. The number of aromatic nitrogens is 1. The summed E-state index contributed by atoms with van der Waals surface area (Å²) in [5.74, 6) is -0.174. The topological polar surface area (TPSA) is 75.4 Å². The van der Waals surface area contributed by atoms with Crippen LogP contribution in [0.2, 0.25) is 0 Å². The summed E-state index contributed by atoms with van der Waals surface area (Å²) in [4.78, 5) is 11.6. The summed E-state index contributed by atoms with van der Waals surface area (Å²) in [5, 5.41) is 17.4. The zero-order valence-corrected chi connectivity index (χ0v) is 10.0. The predicted octanol–water partition coefficient (Wildman–Crippen LogP) is 1.97. The summed E-state index contributed by atoms with van der Waals surface area (Å²) in [6.45, 7) is 1.96. The lowest BCUT2D eigenvalue weighted by atomic mass is 10.3. The van der Waals surface area contributed by atoms with Gasteiger partial charge < -0.3 is 9.63 Å². The number of thiophene rings is 1. The van der Waals surface area contributed by atoms with E-state index in [-0.39, 0.29) is 0 Å². The maximum absolute atomic E-state index is 10.6. The van der Waals surface area contributed by atoms with Gasteiger partial charge >= 0.3 is 5.97 Å². The van der Waals surface area contributed by atoms with Crippen LogP contribution in [0.4, 0.5) is 0 Å². The molecule has 0 aromatic carbocycles. The van der Waals surface area contributed by atoms with Crippen LogP contribution in [0.15, 0.2) is 28.1 Å². The van der Waals surface area contributed by atoms with Gasteiger partial charge in [-0.15, -0.1) is 11.3 Å². The molecule has 2 aromatic rings. The van der Waals surface area contributed by atoms with Crippen LogP contribution in [-0.2, 0) is 11.3 Å². The molecule has 0 unspecified atom stereocenters. The molecule has 2 heterocycles. The van der Waals surface area contributed by atoms with Crippen LogP contribution in [0.5, 0.6) is 0 Å². The highest BCUT2D eigenvalue weighted by molar-refractivity contribution is 7.13. The zero-order valence-electron chi connectivity index (χ0n) is 9.21. The van der Waals surface area contributed by atoms with Gasteiger partial charge in [0.05, 0.1) is 10.6 Å². The fraction of sp³-hybridized carbons (Fsp3) is 0.273. The first-order valence-electron chi connectivity index (χ1n) is 5.12. The van der Waals surface area contributed by atoms with Crippen LogP contribution in [0.25, 0.3) is 10.6 Å². The van der Waals surface area contributed by atoms with Crippen LogP contribution in [-0.4, -0.2) is 22.3 Å². The molecule has 0 fully saturated rings. The third kappa shape index (κ3) is 2.92. The fourth-order valence-corrected chi connectivity index (χ4v) is 1.95. The lowest BCUT2D eigenvalue weighted by Crippen LogP contribution is -2.33. The summed E-state index contributed by atoms with van der Waals surface area (Å²) in [5.41, 5.74) is 0.696. The first-order valence-corrected chi connectivity index (χ1v) is 6.00. The summed E-state index contributed by atoms with van der Waals surface area (Å²) in [6, 6.07) is 5.10. The van der Waals surface area contributed by atoms with Crippen LogP contribution >= 0.6 is 11.3 Å². The monoisotopic (exact) mass is 252 g/mol. The number of carboxylic acid groups (broad SMARTS) is 1. The molecule has 1 atom stereocenters. The predicted molar refractivity (Wildman–Crippen MR) is 63.8 cm³/mol. The Morgan fingerprint density at radius 1 is 1.71 bits per heavy atom. The standard InChI is InChI=1S/C11H12N2O3S/c1-7(11(14)15)12-6-8-5-9(16-13-8)10-3-2-4-17-10/h2-5,7,12H,6H2,1H3,(H,14,15)/t7-/m1/s1. The van der Waals surface area contributed by atoms with E-state index in [1.165, 1.54) is 0 Å². The van der Waals surface area contributed by atoms with Gasteiger partial charge in [-0.1, -0.05) is 11.2 Å². The smallest absolute Gasteiger partial charge is 0.320 e. The van der Waals surface area contributed by atoms with E-state index in [0.29, 0.717) is 18.0 Å². The van der Waals surface area contributed by atoms with E-state index in [1.54, 1.807) is 18.3 Å². The van der Waals surface area contributed by atoms with E-state index in [9.17, 15) is 4.79 Å². The van der Waals surface area contributed by atoms with E-state index in [4.69, 9.17) is 9.63 Å². The largest absolute Gasteiger partial charge is 0.480 e. The molecule has 0 saturated heterocycles. The van der Waals surface area contributed by atoms with Crippen LogP contribution in [0.1, 0.15) is 12.6 Å². The summed E-state index contributed by atoms with van der Waals surface area (Å²) >= 11 is 1.57. The Morgan fingerprint density at radius 2 is 2.53 bits per heavy atom. The maximum atomic E-state index is 10.6. The van der Waals surface area contributed by atoms with Gasteiger partial charge in [0.15, 0.2) is 5.76 Å². The van der Waals surface area contributed by atoms with Crippen molar-refractivity contribution in [3.8, 4) is 10.6 Å². The van der Waals surface area contributed by atoms with Gasteiger partial charge in [-0.25, -0.2) is 0 Å². The lowest BCUT2D eigenvalue weighted by Gasteiger charge is -2.05. The average Bonchev–Trinajstić information content (AvgIpc) is 2.95. The minimum Gasteiger partial charge on any atom is -0.480 e. The highest BCUT2D eigenvalue weighted by atomic mass is 32.1.